The molecule has 0 aliphatic carbocycles. The highest BCUT2D eigenvalue weighted by atomic mass is 16.8. The Labute approximate surface area is 398 Å². The molecule has 6 aliphatic heterocycles. The number of hydrogen-bond donors (Lipinski definition) is 1. The first-order valence-corrected chi connectivity index (χ1v) is 22.6. The van der Waals surface area contributed by atoms with Crippen LogP contribution in [0.25, 0.3) is 0 Å². The predicted octanol–water partition coefficient (Wildman–Crippen LogP) is -1.76. The first-order chi connectivity index (χ1) is 33.1. The third-order valence-corrected chi connectivity index (χ3v) is 13.4. The van der Waals surface area contributed by atoms with E-state index in [4.69, 9.17) is 114 Å². The molecule has 6 rings (SSSR count). The summed E-state index contributed by atoms with van der Waals surface area (Å²) in [6.45, 7) is 0.378. The molecular weight excluding hydrogens is 916 g/mol. The van der Waals surface area contributed by atoms with E-state index in [1.165, 1.54) is 56.9 Å². The number of aliphatic hydroxyl groups is 1. The van der Waals surface area contributed by atoms with Gasteiger partial charge in [0.15, 0.2) is 37.7 Å². The van der Waals surface area contributed by atoms with Gasteiger partial charge in [0.2, 0.25) is 0 Å². The van der Waals surface area contributed by atoms with Crippen LogP contribution >= 0.6 is 0 Å². The predicted molar refractivity (Wildman–Crippen MR) is 225 cm³/mol. The number of methoxy groups -OCH3 is 13. The Kier molecular flexibility index (Phi) is 22.6. The number of hydrogen-bond acceptors (Lipinski definition) is 25. The molecule has 0 aromatic heterocycles. The van der Waals surface area contributed by atoms with Crippen molar-refractivity contribution in [1.82, 2.24) is 0 Å². The fraction of sp³-hybridized carbons (Fsp3) is 1.00. The highest BCUT2D eigenvalue weighted by Gasteiger charge is 2.54. The number of ether oxygens (including phenoxy) is 24. The topological polar surface area (TPSA) is 242 Å². The molecular formula is C43H76O25. The van der Waals surface area contributed by atoms with E-state index in [1.807, 2.05) is 0 Å². The fourth-order valence-electron chi connectivity index (χ4n) is 9.91. The van der Waals surface area contributed by atoms with Crippen LogP contribution in [0.3, 0.4) is 0 Å². The first-order valence-electron chi connectivity index (χ1n) is 22.6. The summed E-state index contributed by atoms with van der Waals surface area (Å²) < 4.78 is 144. The Balaban J connectivity index is 1.05. The maximum Gasteiger partial charge on any atom is 0.187 e. The quantitative estimate of drug-likeness (QED) is 0.119. The normalized spacial score (nSPS) is 46.1. The van der Waals surface area contributed by atoms with Crippen molar-refractivity contribution in [3.05, 3.63) is 0 Å². The van der Waals surface area contributed by atoms with Crippen LogP contribution in [-0.2, 0) is 114 Å². The van der Waals surface area contributed by atoms with Crippen LogP contribution < -0.4 is 0 Å². The molecule has 1 N–H and O–H groups in total. The average molecular weight is 993 g/mol. The Morgan fingerprint density at radius 3 is 0.647 bits per heavy atom. The van der Waals surface area contributed by atoms with Gasteiger partial charge in [-0.15, -0.1) is 0 Å². The van der Waals surface area contributed by atoms with Crippen LogP contribution in [0.1, 0.15) is 0 Å². The van der Waals surface area contributed by atoms with Gasteiger partial charge < -0.3 is 119 Å². The van der Waals surface area contributed by atoms with Gasteiger partial charge >= 0.3 is 0 Å². The highest BCUT2D eigenvalue weighted by Crippen LogP contribution is 2.35. The lowest BCUT2D eigenvalue weighted by atomic mass is 10.0. The summed E-state index contributed by atoms with van der Waals surface area (Å²) in [7, 11) is 19.9. The van der Waals surface area contributed by atoms with Crippen molar-refractivity contribution in [2.24, 2.45) is 0 Å². The maximum atomic E-state index is 10.3. The summed E-state index contributed by atoms with van der Waals surface area (Å²) in [6, 6.07) is 0. The minimum Gasteiger partial charge on any atom is -0.376 e. The lowest BCUT2D eigenvalue weighted by Crippen LogP contribution is -2.64. The minimum absolute atomic E-state index is 0.0113. The summed E-state index contributed by atoms with van der Waals surface area (Å²) in [5.74, 6) is 0. The van der Waals surface area contributed by atoms with Gasteiger partial charge in [-0.2, -0.15) is 0 Å². The van der Waals surface area contributed by atoms with Gasteiger partial charge in [0.05, 0.1) is 39.6 Å². The third kappa shape index (κ3) is 12.3. The van der Waals surface area contributed by atoms with Crippen molar-refractivity contribution in [2.45, 2.75) is 148 Å². The molecule has 0 aromatic rings. The fourth-order valence-corrected chi connectivity index (χ4v) is 9.91. The second-order valence-corrected chi connectivity index (χ2v) is 16.8. The molecule has 68 heavy (non-hydrogen) atoms. The molecule has 0 radical (unpaired) electrons. The van der Waals surface area contributed by atoms with E-state index in [9.17, 15) is 5.11 Å². The molecule has 0 bridgehead atoms. The van der Waals surface area contributed by atoms with Gasteiger partial charge in [-0.05, 0) is 0 Å². The summed E-state index contributed by atoms with van der Waals surface area (Å²) in [6.07, 6.45) is -17.9. The van der Waals surface area contributed by atoms with Crippen molar-refractivity contribution in [2.75, 3.05) is 132 Å². The second kappa shape index (κ2) is 27.3. The van der Waals surface area contributed by atoms with E-state index in [1.54, 1.807) is 35.5 Å². The van der Waals surface area contributed by atoms with Crippen molar-refractivity contribution < 1.29 is 119 Å². The zero-order valence-corrected chi connectivity index (χ0v) is 41.3. The van der Waals surface area contributed by atoms with Gasteiger partial charge in [0.25, 0.3) is 0 Å². The Hall–Kier alpha value is -1.00. The molecule has 6 fully saturated rings. The molecule has 0 saturated carbocycles. The highest BCUT2D eigenvalue weighted by molar-refractivity contribution is 4.96. The van der Waals surface area contributed by atoms with Gasteiger partial charge in [-0.1, -0.05) is 0 Å². The summed E-state index contributed by atoms with van der Waals surface area (Å²) in [5, 5.41) is 10.3. The molecule has 0 aromatic carbocycles. The van der Waals surface area contributed by atoms with Gasteiger partial charge in [-0.25, -0.2) is 0 Å². The third-order valence-electron chi connectivity index (χ3n) is 13.4. The molecule has 6 heterocycles. The largest absolute Gasteiger partial charge is 0.376 e. The van der Waals surface area contributed by atoms with E-state index < -0.39 is 142 Å². The minimum atomic E-state index is -1.19. The Morgan fingerprint density at radius 2 is 0.426 bits per heavy atom. The molecule has 6 saturated heterocycles. The molecule has 398 valence electrons. The molecule has 25 heteroatoms. The van der Waals surface area contributed by atoms with E-state index >= 15 is 0 Å². The first kappa shape index (κ1) is 56.3. The average Bonchev–Trinajstić information content (AvgIpc) is 3.36. The standard InChI is InChI=1S/C43H76O25/c1-45-20-14-59-39(33(53-9)26(20)46-2)65-22-16-61-41(35(55-11)28(22)48-4)67-24-18-63-43(37(57-13)30(24)50-6)68-25-19-62-42(36(56-12)31(25)51-7)66-23-17-60-40(34(54-10)29(23)49-5)64-21-15-58-38(44)32(52-8)27(21)47-3/h20-44H,14-19H2,1-13H3/t20-,21-,22-,23-,24-,25-,26+,27+,28+,29+,30+,31+,32-,33-,34-,35-,36-,37-,38-,39+,40+,41+,42+,43+/m1/s1. The smallest absolute Gasteiger partial charge is 0.187 e. The summed E-state index contributed by atoms with van der Waals surface area (Å²) >= 11 is 0. The van der Waals surface area contributed by atoms with Crippen LogP contribution in [0.5, 0.6) is 0 Å². The lowest BCUT2D eigenvalue weighted by Gasteiger charge is -2.48. The van der Waals surface area contributed by atoms with Crippen LogP contribution in [-0.4, -0.2) is 285 Å². The van der Waals surface area contributed by atoms with Crippen molar-refractivity contribution in [3.63, 3.8) is 0 Å². The maximum absolute atomic E-state index is 10.3. The molecule has 6 aliphatic rings. The van der Waals surface area contributed by atoms with Crippen LogP contribution in [0, 0.1) is 0 Å². The Bertz CT molecular complexity index is 1430. The van der Waals surface area contributed by atoms with Crippen molar-refractivity contribution in [3.8, 4) is 0 Å². The van der Waals surface area contributed by atoms with Gasteiger partial charge in [-0.3, -0.25) is 0 Å². The van der Waals surface area contributed by atoms with Crippen LogP contribution in [0.4, 0.5) is 0 Å². The van der Waals surface area contributed by atoms with Crippen molar-refractivity contribution >= 4 is 0 Å². The summed E-state index contributed by atoms with van der Waals surface area (Å²) in [4.78, 5) is 0. The zero-order valence-electron chi connectivity index (χ0n) is 41.3. The monoisotopic (exact) mass is 992 g/mol. The molecule has 24 atom stereocenters. The van der Waals surface area contributed by atoms with Gasteiger partial charge in [0, 0.05) is 92.4 Å². The van der Waals surface area contributed by atoms with Crippen molar-refractivity contribution in [1.29, 1.82) is 0 Å². The summed E-state index contributed by atoms with van der Waals surface area (Å²) in [5.41, 5.74) is 0. The molecule has 0 amide bonds. The molecule has 25 nitrogen and oxygen atoms in total. The molecule has 0 unspecified atom stereocenters. The van der Waals surface area contributed by atoms with Gasteiger partial charge in [0.1, 0.15) is 110 Å². The van der Waals surface area contributed by atoms with E-state index in [-0.39, 0.29) is 45.7 Å². The zero-order chi connectivity index (χ0) is 49.1. The number of aliphatic hydroxyl groups excluding tert-OH is 1. The number of rotatable bonds is 23. The Morgan fingerprint density at radius 1 is 0.235 bits per heavy atom. The van der Waals surface area contributed by atoms with E-state index in [0.717, 1.165) is 0 Å². The SMILES string of the molecule is CO[C@@H]1[C@@H](OC)[C@H](O[C@@H]2OC[C@@H](O[C@@H]3OC[C@@H](O[C@@H]4OC[C@@H](O[C@@H]5OC[C@@H](O[C@@H]6OC[C@@H](OC)[C@H](OC)[C@H]6OC)[C@H](OC)[C@H]5OC)[C@H](OC)[C@H]4OC)[C@H](OC)[C@H]3OC)[C@H](OC)[C@H]2OC)CO[C@H]1O. The van der Waals surface area contributed by atoms with E-state index in [0.29, 0.717) is 0 Å². The second-order valence-electron chi connectivity index (χ2n) is 16.8. The van der Waals surface area contributed by atoms with E-state index in [2.05, 4.69) is 0 Å². The molecule has 0 spiro atoms. The lowest BCUT2D eigenvalue weighted by molar-refractivity contribution is -0.372. The van der Waals surface area contributed by atoms with Crippen LogP contribution in [0.15, 0.2) is 0 Å². The van der Waals surface area contributed by atoms with Crippen LogP contribution in [0.2, 0.25) is 0 Å².